The van der Waals surface area contributed by atoms with Gasteiger partial charge < -0.3 is 15.4 Å². The van der Waals surface area contributed by atoms with Crippen molar-refractivity contribution in [3.8, 4) is 5.75 Å². The molecule has 0 atom stereocenters. The Balaban J connectivity index is 1.86. The van der Waals surface area contributed by atoms with E-state index in [0.29, 0.717) is 22.0 Å². The van der Waals surface area contributed by atoms with Gasteiger partial charge in [0.05, 0.1) is 5.69 Å². The van der Waals surface area contributed by atoms with Crippen LogP contribution >= 0.6 is 11.6 Å². The van der Waals surface area contributed by atoms with Crippen molar-refractivity contribution in [1.29, 1.82) is 0 Å². The Hall–Kier alpha value is -2.79. The third kappa shape index (κ3) is 4.00. The largest absolute Gasteiger partial charge is 0.449 e. The van der Waals surface area contributed by atoms with Crippen molar-refractivity contribution >= 4 is 35.2 Å². The highest BCUT2D eigenvalue weighted by molar-refractivity contribution is 6.30. The summed E-state index contributed by atoms with van der Waals surface area (Å²) in [6.45, 7) is 3.77. The maximum absolute atomic E-state index is 12.3. The Kier molecular flexibility index (Phi) is 4.76. The molecule has 25 heavy (non-hydrogen) atoms. The van der Waals surface area contributed by atoms with Gasteiger partial charge in [0.15, 0.2) is 11.5 Å². The van der Waals surface area contributed by atoms with E-state index in [1.165, 1.54) is 0 Å². The first-order valence-electron chi connectivity index (χ1n) is 7.84. The van der Waals surface area contributed by atoms with Gasteiger partial charge in [0.2, 0.25) is 0 Å². The topological polar surface area (TPSA) is 67.4 Å². The van der Waals surface area contributed by atoms with Crippen LogP contribution in [0.4, 0.5) is 5.69 Å². The number of carbonyl (C=O) groups is 2. The first-order valence-corrected chi connectivity index (χ1v) is 8.21. The van der Waals surface area contributed by atoms with Gasteiger partial charge in [-0.3, -0.25) is 9.59 Å². The fourth-order valence-electron chi connectivity index (χ4n) is 2.39. The number of hydrogen-bond donors (Lipinski definition) is 2. The van der Waals surface area contributed by atoms with E-state index < -0.39 is 0 Å². The fraction of sp³-hybridized carbons (Fsp3) is 0.158. The number of halogens is 1. The fourth-order valence-corrected chi connectivity index (χ4v) is 2.59. The number of ether oxygens (including phenoxy) is 1. The number of hydrogen-bond acceptors (Lipinski definition) is 3. The summed E-state index contributed by atoms with van der Waals surface area (Å²) in [6, 6.07) is 12.1. The van der Waals surface area contributed by atoms with E-state index in [1.54, 1.807) is 42.5 Å². The molecule has 2 aromatic carbocycles. The highest BCUT2D eigenvalue weighted by Crippen LogP contribution is 2.32. The molecule has 1 aliphatic rings. The van der Waals surface area contributed by atoms with E-state index in [2.05, 4.69) is 10.6 Å². The van der Waals surface area contributed by atoms with Crippen LogP contribution in [-0.4, -0.2) is 17.9 Å². The average molecular weight is 357 g/mol. The Bertz CT molecular complexity index is 875. The van der Waals surface area contributed by atoms with Crippen molar-refractivity contribution in [2.45, 2.75) is 19.9 Å². The maximum atomic E-state index is 12.3. The molecular formula is C19H17ClN2O3. The normalized spacial score (nSPS) is 14.7. The van der Waals surface area contributed by atoms with Crippen LogP contribution < -0.4 is 15.4 Å². The lowest BCUT2D eigenvalue weighted by atomic mass is 10.1. The second-order valence-corrected chi connectivity index (χ2v) is 6.40. The summed E-state index contributed by atoms with van der Waals surface area (Å²) in [5.74, 6) is 0.0596. The molecule has 5 nitrogen and oxygen atoms in total. The Morgan fingerprint density at radius 1 is 1.24 bits per heavy atom. The Labute approximate surface area is 150 Å². The van der Waals surface area contributed by atoms with Gasteiger partial charge in [0.25, 0.3) is 11.8 Å². The van der Waals surface area contributed by atoms with Gasteiger partial charge in [-0.2, -0.15) is 0 Å². The van der Waals surface area contributed by atoms with Crippen LogP contribution in [-0.2, 0) is 4.79 Å². The number of rotatable bonds is 3. The lowest BCUT2D eigenvalue weighted by Gasteiger charge is -2.20. The zero-order valence-corrected chi connectivity index (χ0v) is 14.6. The first kappa shape index (κ1) is 17.0. The van der Waals surface area contributed by atoms with Crippen molar-refractivity contribution in [2.75, 3.05) is 5.32 Å². The van der Waals surface area contributed by atoms with Gasteiger partial charge in [-0.25, -0.2) is 0 Å². The second kappa shape index (κ2) is 6.99. The standard InChI is InChI=1S/C19H17ClN2O3/c1-11(2)21-18(23)13-6-7-16-15(10-13)22-19(24)17(25-16)9-12-4-3-5-14(20)8-12/h3-11H,1-2H3,(H,21,23)(H,22,24). The van der Waals surface area contributed by atoms with E-state index in [9.17, 15) is 9.59 Å². The molecule has 0 saturated heterocycles. The molecule has 0 radical (unpaired) electrons. The molecule has 1 heterocycles. The molecule has 0 saturated carbocycles. The van der Waals surface area contributed by atoms with Crippen molar-refractivity contribution in [3.63, 3.8) is 0 Å². The van der Waals surface area contributed by atoms with Crippen molar-refractivity contribution in [2.24, 2.45) is 0 Å². The van der Waals surface area contributed by atoms with E-state index in [4.69, 9.17) is 16.3 Å². The van der Waals surface area contributed by atoms with Crippen LogP contribution in [0.15, 0.2) is 48.2 Å². The van der Waals surface area contributed by atoms with Gasteiger partial charge in [0.1, 0.15) is 0 Å². The highest BCUT2D eigenvalue weighted by atomic mass is 35.5. The van der Waals surface area contributed by atoms with Gasteiger partial charge in [0, 0.05) is 16.6 Å². The molecule has 0 unspecified atom stereocenters. The minimum Gasteiger partial charge on any atom is -0.449 e. The summed E-state index contributed by atoms with van der Waals surface area (Å²) >= 11 is 5.95. The van der Waals surface area contributed by atoms with Gasteiger partial charge in [-0.05, 0) is 55.8 Å². The van der Waals surface area contributed by atoms with E-state index in [0.717, 1.165) is 5.56 Å². The van der Waals surface area contributed by atoms with Crippen molar-refractivity contribution in [3.05, 3.63) is 64.4 Å². The molecule has 0 spiro atoms. The summed E-state index contributed by atoms with van der Waals surface area (Å²) in [5.41, 5.74) is 1.68. The lowest BCUT2D eigenvalue weighted by Crippen LogP contribution is -2.30. The van der Waals surface area contributed by atoms with E-state index in [-0.39, 0.29) is 23.6 Å². The molecule has 0 aliphatic carbocycles. The maximum Gasteiger partial charge on any atom is 0.291 e. The Morgan fingerprint density at radius 3 is 2.76 bits per heavy atom. The third-order valence-electron chi connectivity index (χ3n) is 3.50. The Morgan fingerprint density at radius 2 is 2.04 bits per heavy atom. The van der Waals surface area contributed by atoms with E-state index in [1.807, 2.05) is 19.9 Å². The number of amides is 2. The molecule has 2 aromatic rings. The molecule has 0 fully saturated rings. The van der Waals surface area contributed by atoms with Crippen LogP contribution in [0.2, 0.25) is 5.02 Å². The third-order valence-corrected chi connectivity index (χ3v) is 3.73. The molecule has 2 amide bonds. The van der Waals surface area contributed by atoms with Crippen LogP contribution in [0, 0.1) is 0 Å². The number of fused-ring (bicyclic) bond motifs is 1. The molecule has 1 aliphatic heterocycles. The smallest absolute Gasteiger partial charge is 0.291 e. The molecule has 6 heteroatoms. The van der Waals surface area contributed by atoms with Crippen molar-refractivity contribution in [1.82, 2.24) is 5.32 Å². The van der Waals surface area contributed by atoms with Crippen molar-refractivity contribution < 1.29 is 14.3 Å². The van der Waals surface area contributed by atoms with Crippen LogP contribution in [0.1, 0.15) is 29.8 Å². The predicted molar refractivity (Wildman–Crippen MR) is 97.7 cm³/mol. The lowest BCUT2D eigenvalue weighted by molar-refractivity contribution is -0.115. The number of benzene rings is 2. The summed E-state index contributed by atoms with van der Waals surface area (Å²) in [4.78, 5) is 24.3. The van der Waals surface area contributed by atoms with E-state index >= 15 is 0 Å². The number of carbonyl (C=O) groups excluding carboxylic acids is 2. The second-order valence-electron chi connectivity index (χ2n) is 5.96. The molecular weight excluding hydrogens is 340 g/mol. The predicted octanol–water partition coefficient (Wildman–Crippen LogP) is 3.85. The number of anilines is 1. The summed E-state index contributed by atoms with van der Waals surface area (Å²) < 4.78 is 5.68. The quantitative estimate of drug-likeness (QED) is 0.821. The van der Waals surface area contributed by atoms with Gasteiger partial charge in [-0.15, -0.1) is 0 Å². The molecule has 3 rings (SSSR count). The van der Waals surface area contributed by atoms with Gasteiger partial charge in [-0.1, -0.05) is 23.7 Å². The molecule has 2 N–H and O–H groups in total. The zero-order chi connectivity index (χ0) is 18.0. The summed E-state index contributed by atoms with van der Waals surface area (Å²) in [7, 11) is 0. The summed E-state index contributed by atoms with van der Waals surface area (Å²) in [5, 5.41) is 6.13. The first-order chi connectivity index (χ1) is 11.9. The average Bonchev–Trinajstić information content (AvgIpc) is 2.54. The minimum atomic E-state index is -0.381. The van der Waals surface area contributed by atoms with Crippen LogP contribution in [0.5, 0.6) is 5.75 Å². The minimum absolute atomic E-state index is 0.0293. The van der Waals surface area contributed by atoms with Gasteiger partial charge >= 0.3 is 0 Å². The van der Waals surface area contributed by atoms with Crippen LogP contribution in [0.3, 0.4) is 0 Å². The molecule has 0 aromatic heterocycles. The SMILES string of the molecule is CC(C)NC(=O)c1ccc2c(c1)NC(=O)C(=Cc1cccc(Cl)c1)O2. The number of nitrogens with one attached hydrogen (secondary N) is 2. The molecule has 0 bridgehead atoms. The highest BCUT2D eigenvalue weighted by Gasteiger charge is 2.23. The molecule has 128 valence electrons. The summed E-state index contributed by atoms with van der Waals surface area (Å²) in [6.07, 6.45) is 1.61. The monoisotopic (exact) mass is 356 g/mol. The zero-order valence-electron chi connectivity index (χ0n) is 13.8. The van der Waals surface area contributed by atoms with Crippen LogP contribution in [0.25, 0.3) is 6.08 Å².